The molecule has 18 heavy (non-hydrogen) atoms. The van der Waals surface area contributed by atoms with E-state index in [1.165, 1.54) is 6.20 Å². The molecule has 2 aromatic rings. The van der Waals surface area contributed by atoms with Gasteiger partial charge < -0.3 is 0 Å². The number of nitrogens with one attached hydrogen (secondary N) is 1. The molecule has 0 aliphatic heterocycles. The molecule has 1 unspecified atom stereocenters. The minimum Gasteiger partial charge on any atom is -0.275 e. The van der Waals surface area contributed by atoms with Crippen molar-refractivity contribution < 1.29 is 9.00 Å². The molecule has 1 N–H and O–H groups in total. The summed E-state index contributed by atoms with van der Waals surface area (Å²) in [6.45, 7) is 0. The van der Waals surface area contributed by atoms with Crippen molar-refractivity contribution >= 4 is 21.5 Å². The van der Waals surface area contributed by atoms with Crippen molar-refractivity contribution in [3.8, 4) is 0 Å². The fourth-order valence-electron chi connectivity index (χ4n) is 1.40. The molecule has 1 aromatic carbocycles. The quantitative estimate of drug-likeness (QED) is 0.851. The number of rotatable bonds is 3. The van der Waals surface area contributed by atoms with Crippen molar-refractivity contribution in [3.63, 3.8) is 0 Å². The highest BCUT2D eigenvalue weighted by Crippen LogP contribution is 2.08. The highest BCUT2D eigenvalue weighted by atomic mass is 32.2. The summed E-state index contributed by atoms with van der Waals surface area (Å²) in [5.74, 6) is 3.13. The zero-order chi connectivity index (χ0) is 13.0. The van der Waals surface area contributed by atoms with Crippen LogP contribution in [0.4, 0.5) is 0 Å². The monoisotopic (exact) mass is 260 g/mol. The van der Waals surface area contributed by atoms with Crippen molar-refractivity contribution in [2.24, 2.45) is 0 Å². The summed E-state index contributed by atoms with van der Waals surface area (Å²) in [6, 6.07) is 11.9. The van der Waals surface area contributed by atoms with Gasteiger partial charge in [-0.25, -0.2) is 4.21 Å². The second kappa shape index (κ2) is 5.01. The summed E-state index contributed by atoms with van der Waals surface area (Å²) in [5.41, 5.74) is 0.352. The lowest BCUT2D eigenvalue weighted by atomic mass is 10.3. The van der Waals surface area contributed by atoms with Gasteiger partial charge in [-0.1, -0.05) is 18.2 Å². The van der Waals surface area contributed by atoms with Crippen LogP contribution in [-0.4, -0.2) is 21.0 Å². The Hall–Kier alpha value is -2.14. The molecule has 0 aliphatic carbocycles. The maximum absolute atomic E-state index is 12.3. The number of pyridine rings is 1. The Labute approximate surface area is 106 Å². The average molecular weight is 260 g/mol. The van der Waals surface area contributed by atoms with Crippen molar-refractivity contribution in [1.29, 1.82) is 0 Å². The van der Waals surface area contributed by atoms with Gasteiger partial charge in [0.05, 0.1) is 15.3 Å². The molecule has 92 valence electrons. The second-order valence-electron chi connectivity index (χ2n) is 3.66. The third-order valence-corrected chi connectivity index (χ3v) is 3.85. The van der Waals surface area contributed by atoms with Crippen LogP contribution in [0.15, 0.2) is 59.8 Å². The molecule has 4 nitrogen and oxygen atoms in total. The minimum atomic E-state index is -2.83. The normalized spacial score (nSPS) is 13.6. The number of hydrogen-bond acceptors (Lipinski definition) is 3. The molecule has 0 saturated heterocycles. The van der Waals surface area contributed by atoms with Crippen LogP contribution in [0, 0.1) is 0 Å². The van der Waals surface area contributed by atoms with Gasteiger partial charge in [0.25, 0.3) is 5.91 Å². The molecule has 2 rings (SSSR count). The molecular weight excluding hydrogens is 248 g/mol. The number of benzene rings is 1. The van der Waals surface area contributed by atoms with Gasteiger partial charge in [-0.3, -0.25) is 14.5 Å². The lowest BCUT2D eigenvalue weighted by Crippen LogP contribution is -2.30. The van der Waals surface area contributed by atoms with Crippen molar-refractivity contribution in [2.75, 3.05) is 0 Å². The Morgan fingerprint density at radius 2 is 1.89 bits per heavy atom. The molecule has 0 fully saturated rings. The van der Waals surface area contributed by atoms with Crippen LogP contribution in [0.2, 0.25) is 0 Å². The highest BCUT2D eigenvalue weighted by Gasteiger charge is 2.12. The van der Waals surface area contributed by atoms with Gasteiger partial charge in [0.2, 0.25) is 0 Å². The summed E-state index contributed by atoms with van der Waals surface area (Å²) >= 11 is 0. The summed E-state index contributed by atoms with van der Waals surface area (Å²) in [7, 11) is -2.83. The van der Waals surface area contributed by atoms with E-state index in [9.17, 15) is 9.00 Å². The molecule has 1 aromatic heterocycles. The third-order valence-electron chi connectivity index (χ3n) is 2.31. The van der Waals surface area contributed by atoms with Gasteiger partial charge in [-0.2, -0.15) is 0 Å². The molecule has 1 heterocycles. The molecule has 0 radical (unpaired) electrons. The topological polar surface area (TPSA) is 59.1 Å². The molecule has 0 bridgehead atoms. The summed E-state index contributed by atoms with van der Waals surface area (Å²) in [6.07, 6.45) is 2.98. The van der Waals surface area contributed by atoms with Gasteiger partial charge in [0.1, 0.15) is 0 Å². The Morgan fingerprint density at radius 1 is 1.17 bits per heavy atom. The SMILES string of the molecule is C=S(=O)(NC(=O)c1cccnc1)c1ccccc1. The van der Waals surface area contributed by atoms with Crippen LogP contribution < -0.4 is 4.72 Å². The van der Waals surface area contributed by atoms with Crippen LogP contribution in [0.5, 0.6) is 0 Å². The zero-order valence-electron chi connectivity index (χ0n) is 9.58. The molecule has 0 saturated carbocycles. The first-order valence-corrected chi connectivity index (χ1v) is 6.97. The van der Waals surface area contributed by atoms with E-state index in [2.05, 4.69) is 15.6 Å². The zero-order valence-corrected chi connectivity index (χ0v) is 10.4. The van der Waals surface area contributed by atoms with Gasteiger partial charge in [-0.05, 0) is 30.1 Å². The van der Waals surface area contributed by atoms with Crippen LogP contribution in [0.25, 0.3) is 0 Å². The second-order valence-corrected chi connectivity index (χ2v) is 5.69. The van der Waals surface area contributed by atoms with Crippen LogP contribution >= 0.6 is 0 Å². The average Bonchev–Trinajstić information content (AvgIpc) is 2.40. The fourth-order valence-corrected chi connectivity index (χ4v) is 2.54. The van der Waals surface area contributed by atoms with Gasteiger partial charge in [-0.15, -0.1) is 0 Å². The van der Waals surface area contributed by atoms with Crippen molar-refractivity contribution in [1.82, 2.24) is 9.71 Å². The van der Waals surface area contributed by atoms with Crippen molar-refractivity contribution in [2.45, 2.75) is 4.90 Å². The Kier molecular flexibility index (Phi) is 3.43. The molecule has 0 spiro atoms. The first-order valence-electron chi connectivity index (χ1n) is 5.24. The Morgan fingerprint density at radius 3 is 2.50 bits per heavy atom. The highest BCUT2D eigenvalue weighted by molar-refractivity contribution is 7.99. The van der Waals surface area contributed by atoms with Crippen LogP contribution in [0.1, 0.15) is 10.4 Å². The lowest BCUT2D eigenvalue weighted by Gasteiger charge is -2.11. The molecule has 1 amide bonds. The molecular formula is C13H12N2O2S. The number of nitrogens with zero attached hydrogens (tertiary/aromatic N) is 1. The van der Waals surface area contributed by atoms with E-state index in [1.807, 2.05) is 6.07 Å². The number of carbonyl (C=O) groups is 1. The Bertz CT molecular complexity index is 637. The summed E-state index contributed by atoms with van der Waals surface area (Å²) in [4.78, 5) is 16.2. The van der Waals surface area contributed by atoms with E-state index < -0.39 is 15.6 Å². The van der Waals surface area contributed by atoms with Gasteiger partial charge in [0, 0.05) is 17.3 Å². The van der Waals surface area contributed by atoms with E-state index in [0.717, 1.165) is 0 Å². The largest absolute Gasteiger partial charge is 0.275 e. The number of amides is 1. The molecule has 1 atom stereocenters. The summed E-state index contributed by atoms with van der Waals surface area (Å²) in [5, 5.41) is 0. The van der Waals surface area contributed by atoms with Gasteiger partial charge in [0.15, 0.2) is 0 Å². The summed E-state index contributed by atoms with van der Waals surface area (Å²) < 4.78 is 14.7. The van der Waals surface area contributed by atoms with E-state index in [0.29, 0.717) is 10.5 Å². The predicted molar refractivity (Wildman–Crippen MR) is 71.7 cm³/mol. The number of aromatic nitrogens is 1. The first-order chi connectivity index (χ1) is 8.59. The van der Waals surface area contributed by atoms with E-state index in [-0.39, 0.29) is 0 Å². The fraction of sp³-hybridized carbons (Fsp3) is 0. The van der Waals surface area contributed by atoms with Gasteiger partial charge >= 0.3 is 0 Å². The first kappa shape index (κ1) is 12.3. The van der Waals surface area contributed by atoms with Crippen molar-refractivity contribution in [3.05, 3.63) is 60.4 Å². The maximum Gasteiger partial charge on any atom is 0.264 e. The van der Waals surface area contributed by atoms with Crippen LogP contribution in [-0.2, 0) is 9.71 Å². The number of hydrogen-bond donors (Lipinski definition) is 1. The maximum atomic E-state index is 12.3. The van der Waals surface area contributed by atoms with E-state index in [4.69, 9.17) is 0 Å². The standard InChI is InChI=1S/C13H12N2O2S/c1-18(17,12-7-3-2-4-8-12)15-13(16)11-6-5-9-14-10-11/h2-10H,1H2,(H,15,16,17). The predicted octanol–water partition coefficient (Wildman–Crippen LogP) is 1.50. The molecule has 5 heteroatoms. The Balaban J connectivity index is 2.23. The third kappa shape index (κ3) is 2.75. The molecule has 0 aliphatic rings. The lowest BCUT2D eigenvalue weighted by molar-refractivity contribution is 0.0982. The minimum absolute atomic E-state index is 0.352. The van der Waals surface area contributed by atoms with E-state index in [1.54, 1.807) is 42.6 Å². The smallest absolute Gasteiger partial charge is 0.264 e. The number of carbonyl (C=O) groups excluding carboxylic acids is 1. The van der Waals surface area contributed by atoms with E-state index >= 15 is 0 Å². The van der Waals surface area contributed by atoms with Crippen LogP contribution in [0.3, 0.4) is 0 Å².